The molecule has 0 atom stereocenters. The molecule has 0 bridgehead atoms. The third kappa shape index (κ3) is 5.99. The minimum atomic E-state index is 0. The maximum absolute atomic E-state index is 4.49. The van der Waals surface area contributed by atoms with Crippen molar-refractivity contribution in [2.24, 2.45) is 0 Å². The second-order valence-corrected chi connectivity index (χ2v) is 8.55. The number of benzene rings is 4. The van der Waals surface area contributed by atoms with Crippen molar-refractivity contribution < 1.29 is 20.1 Å². The van der Waals surface area contributed by atoms with E-state index in [1.165, 1.54) is 21.9 Å². The zero-order valence-electron chi connectivity index (χ0n) is 20.9. The molecule has 0 aliphatic carbocycles. The summed E-state index contributed by atoms with van der Waals surface area (Å²) >= 11 is 0. The molecule has 3 nitrogen and oxygen atoms in total. The largest absolute Gasteiger partial charge is 0.304 e. The minimum absolute atomic E-state index is 0. The van der Waals surface area contributed by atoms with Gasteiger partial charge in [-0.1, -0.05) is 56.3 Å². The van der Waals surface area contributed by atoms with Crippen LogP contribution in [0.15, 0.2) is 104 Å². The first-order valence-electron chi connectivity index (χ1n) is 12.3. The number of rotatable bonds is 4. The predicted octanol–water partition coefficient (Wildman–Crippen LogP) is 7.92. The second-order valence-electron chi connectivity index (χ2n) is 8.55. The molecule has 2 heterocycles. The van der Waals surface area contributed by atoms with E-state index < -0.39 is 0 Å². The number of aryl methyl sites for hydroxylation is 2. The summed E-state index contributed by atoms with van der Waals surface area (Å²) in [5, 5.41) is 3.58. The Balaban J connectivity index is 0.000000172. The topological polar surface area (TPSA) is 38.7 Å². The zero-order valence-corrected chi connectivity index (χ0v) is 23.3. The molecule has 0 saturated heterocycles. The monoisotopic (exact) mass is 658 g/mol. The molecule has 4 heteroatoms. The van der Waals surface area contributed by atoms with E-state index in [1.54, 1.807) is 0 Å². The van der Waals surface area contributed by atoms with Crippen molar-refractivity contribution in [3.8, 4) is 22.5 Å². The zero-order chi connectivity index (χ0) is 24.7. The third-order valence-corrected chi connectivity index (χ3v) is 6.28. The van der Waals surface area contributed by atoms with Gasteiger partial charge in [0.1, 0.15) is 0 Å². The number of pyridine rings is 1. The van der Waals surface area contributed by atoms with Gasteiger partial charge in [-0.15, -0.1) is 70.4 Å². The van der Waals surface area contributed by atoms with Crippen molar-refractivity contribution in [2.75, 3.05) is 0 Å². The van der Waals surface area contributed by atoms with Gasteiger partial charge in [0.2, 0.25) is 0 Å². The van der Waals surface area contributed by atoms with Gasteiger partial charge in [0.15, 0.2) is 0 Å². The van der Waals surface area contributed by atoms with Crippen LogP contribution in [0.2, 0.25) is 0 Å². The Morgan fingerprint density at radius 3 is 2.27 bits per heavy atom. The number of aromatic nitrogens is 3. The van der Waals surface area contributed by atoms with Crippen LogP contribution in [0.3, 0.4) is 0 Å². The molecular weight excluding hydrogens is 631 g/mol. The van der Waals surface area contributed by atoms with Crippen molar-refractivity contribution in [1.29, 1.82) is 0 Å². The van der Waals surface area contributed by atoms with Crippen LogP contribution in [-0.4, -0.2) is 15.0 Å². The van der Waals surface area contributed by atoms with E-state index >= 15 is 0 Å². The number of nitrogens with zero attached hydrogens (tertiary/aromatic N) is 3. The molecule has 6 rings (SSSR count). The van der Waals surface area contributed by atoms with Crippen LogP contribution < -0.4 is 0 Å². The first-order valence-corrected chi connectivity index (χ1v) is 12.3. The number of hydrogen-bond acceptors (Lipinski definition) is 3. The Morgan fingerprint density at radius 1 is 0.703 bits per heavy atom. The summed E-state index contributed by atoms with van der Waals surface area (Å²) in [7, 11) is 0. The molecule has 0 N–H and O–H groups in total. The van der Waals surface area contributed by atoms with Crippen LogP contribution in [0, 0.1) is 12.1 Å². The van der Waals surface area contributed by atoms with Gasteiger partial charge in [0, 0.05) is 38.7 Å². The molecule has 0 fully saturated rings. The van der Waals surface area contributed by atoms with Crippen LogP contribution in [-0.2, 0) is 32.9 Å². The maximum atomic E-state index is 4.49. The Kier molecular flexibility index (Phi) is 8.90. The Bertz CT molecular complexity index is 1600. The summed E-state index contributed by atoms with van der Waals surface area (Å²) in [5.74, 6) is 0.722. The van der Waals surface area contributed by atoms with E-state index in [0.29, 0.717) is 0 Å². The summed E-state index contributed by atoms with van der Waals surface area (Å²) in [5.41, 5.74) is 6.83. The van der Waals surface area contributed by atoms with Gasteiger partial charge in [-0.05, 0) is 46.5 Å². The number of hydrogen-bond donors (Lipinski definition) is 0. The van der Waals surface area contributed by atoms with Gasteiger partial charge in [0.25, 0.3) is 0 Å². The van der Waals surface area contributed by atoms with E-state index in [4.69, 9.17) is 0 Å². The van der Waals surface area contributed by atoms with Crippen LogP contribution in [0.1, 0.15) is 25.0 Å². The van der Waals surface area contributed by atoms with Gasteiger partial charge < -0.3 is 4.98 Å². The molecule has 0 unspecified atom stereocenters. The molecule has 185 valence electrons. The first-order chi connectivity index (χ1) is 17.8. The van der Waals surface area contributed by atoms with Gasteiger partial charge >= 0.3 is 0 Å². The second kappa shape index (κ2) is 12.5. The molecule has 1 radical (unpaired) electrons. The van der Waals surface area contributed by atoms with Gasteiger partial charge in [0.05, 0.1) is 5.82 Å². The first kappa shape index (κ1) is 26.3. The summed E-state index contributed by atoms with van der Waals surface area (Å²) in [6, 6.07) is 35.3. The Labute approximate surface area is 232 Å². The molecule has 0 saturated carbocycles. The van der Waals surface area contributed by atoms with Crippen LogP contribution >= 0.6 is 0 Å². The average Bonchev–Trinajstić information content (AvgIpc) is 2.97. The fourth-order valence-corrected chi connectivity index (χ4v) is 4.26. The molecule has 0 amide bonds. The van der Waals surface area contributed by atoms with Crippen LogP contribution in [0.5, 0.6) is 0 Å². The summed E-state index contributed by atoms with van der Waals surface area (Å²) < 4.78 is 0. The summed E-state index contributed by atoms with van der Waals surface area (Å²) in [4.78, 5) is 13.3. The molecular formula is C33H27IrN3-2. The number of fused-ring (bicyclic) bond motifs is 3. The van der Waals surface area contributed by atoms with E-state index in [1.807, 2.05) is 55.0 Å². The van der Waals surface area contributed by atoms with E-state index in [0.717, 1.165) is 46.3 Å². The van der Waals surface area contributed by atoms with Gasteiger partial charge in [-0.3, -0.25) is 9.97 Å². The fourth-order valence-electron chi connectivity index (χ4n) is 4.26. The smallest absolute Gasteiger partial charge is 0.0748 e. The normalized spacial score (nSPS) is 10.4. The van der Waals surface area contributed by atoms with Crippen LogP contribution in [0.4, 0.5) is 0 Å². The van der Waals surface area contributed by atoms with Crippen molar-refractivity contribution in [3.63, 3.8) is 0 Å². The minimum Gasteiger partial charge on any atom is -0.304 e. The van der Waals surface area contributed by atoms with Crippen molar-refractivity contribution in [2.45, 2.75) is 26.7 Å². The third-order valence-electron chi connectivity index (χ3n) is 6.28. The van der Waals surface area contributed by atoms with Gasteiger partial charge in [-0.2, -0.15) is 0 Å². The SMILES string of the molecule is CCc1ccnc2c1ccc1ccc[c-]c12.CCc1cnc(-c2[c-]ccc(-c3ccccc3)c2)nc1.[Ir]. The Hall–Kier alpha value is -3.72. The van der Waals surface area contributed by atoms with E-state index in [9.17, 15) is 0 Å². The quantitative estimate of drug-likeness (QED) is 0.143. The summed E-state index contributed by atoms with van der Waals surface area (Å²) in [6.07, 6.45) is 7.64. The molecule has 0 aliphatic heterocycles. The molecule has 37 heavy (non-hydrogen) atoms. The molecule has 2 aromatic heterocycles. The summed E-state index contributed by atoms with van der Waals surface area (Å²) in [6.45, 7) is 4.27. The standard InChI is InChI=1S/C18H15N2.C15H12N.Ir/c1-2-14-12-19-18(20-13-14)17-10-6-9-16(11-17)15-7-4-3-5-8-15;1-2-11-9-10-16-15-13-6-4-3-5-12(13)7-8-14(11)15;/h3-9,11-13H,2H2,1H3;3-5,7-10H,2H2,1H3;/q2*-1;. The molecule has 6 aromatic rings. The van der Waals surface area contributed by atoms with Crippen molar-refractivity contribution in [3.05, 3.63) is 127 Å². The molecule has 4 aromatic carbocycles. The average molecular weight is 658 g/mol. The van der Waals surface area contributed by atoms with Crippen molar-refractivity contribution >= 4 is 21.7 Å². The Morgan fingerprint density at radius 2 is 1.51 bits per heavy atom. The maximum Gasteiger partial charge on any atom is 0.0748 e. The van der Waals surface area contributed by atoms with Crippen molar-refractivity contribution in [1.82, 2.24) is 15.0 Å². The molecule has 0 spiro atoms. The fraction of sp³-hybridized carbons (Fsp3) is 0.121. The van der Waals surface area contributed by atoms with Gasteiger partial charge in [-0.25, -0.2) is 0 Å². The predicted molar refractivity (Wildman–Crippen MR) is 149 cm³/mol. The van der Waals surface area contributed by atoms with E-state index in [-0.39, 0.29) is 20.1 Å². The molecule has 0 aliphatic rings. The van der Waals surface area contributed by atoms with Crippen LogP contribution in [0.25, 0.3) is 44.2 Å². The van der Waals surface area contributed by atoms with E-state index in [2.05, 4.69) is 89.5 Å².